The molecular formula is C35H43N5O3. The molecule has 1 aliphatic carbocycles. The molecule has 8 heteroatoms. The Morgan fingerprint density at radius 1 is 1.14 bits per heavy atom. The minimum atomic E-state index is 0.123. The molecule has 8 nitrogen and oxygen atoms in total. The van der Waals surface area contributed by atoms with Gasteiger partial charge in [0.1, 0.15) is 5.75 Å². The predicted molar refractivity (Wildman–Crippen MR) is 166 cm³/mol. The Morgan fingerprint density at radius 3 is 2.56 bits per heavy atom. The number of likely N-dealkylation sites (tertiary alicyclic amines) is 1. The van der Waals surface area contributed by atoms with Crippen molar-refractivity contribution in [3.8, 4) is 11.8 Å². The summed E-state index contributed by atoms with van der Waals surface area (Å²) >= 11 is 0. The van der Waals surface area contributed by atoms with E-state index in [9.17, 15) is 10.1 Å². The SMILES string of the molecule is COc1cc(C)c2[nH]ccc2c1CN1CCC2(CC(C#N)C2)CC1c1ccc(C(=O)N(CC2CNC2)CC2COC2)cc1. The maximum Gasteiger partial charge on any atom is 0.253 e. The van der Waals surface area contributed by atoms with Crippen LogP contribution < -0.4 is 10.1 Å². The van der Waals surface area contributed by atoms with Crippen LogP contribution >= 0.6 is 0 Å². The first-order valence-corrected chi connectivity index (χ1v) is 15.9. The molecule has 1 aromatic heterocycles. The zero-order valence-electron chi connectivity index (χ0n) is 25.4. The number of aryl methyl sites for hydroxylation is 1. The molecule has 43 heavy (non-hydrogen) atoms. The highest BCUT2D eigenvalue weighted by atomic mass is 16.5. The van der Waals surface area contributed by atoms with Crippen molar-refractivity contribution in [2.45, 2.75) is 45.2 Å². The zero-order valence-corrected chi connectivity index (χ0v) is 25.4. The van der Waals surface area contributed by atoms with Gasteiger partial charge in [0.15, 0.2) is 0 Å². The number of methoxy groups -OCH3 is 1. The third kappa shape index (κ3) is 5.43. The summed E-state index contributed by atoms with van der Waals surface area (Å²) in [4.78, 5) is 21.8. The Bertz CT molecular complexity index is 1490. The van der Waals surface area contributed by atoms with Crippen molar-refractivity contribution in [1.29, 1.82) is 5.26 Å². The van der Waals surface area contributed by atoms with Crippen LogP contribution in [0.1, 0.15) is 58.8 Å². The minimum Gasteiger partial charge on any atom is -0.496 e. The Labute approximate surface area is 254 Å². The highest BCUT2D eigenvalue weighted by Gasteiger charge is 2.49. The number of benzene rings is 2. The Hall–Kier alpha value is -3.38. The third-order valence-corrected chi connectivity index (χ3v) is 10.6. The molecule has 2 aromatic carbocycles. The Kier molecular flexibility index (Phi) is 7.66. The van der Waals surface area contributed by atoms with E-state index in [1.54, 1.807) is 7.11 Å². The van der Waals surface area contributed by atoms with E-state index in [-0.39, 0.29) is 23.3 Å². The lowest BCUT2D eigenvalue weighted by Crippen LogP contribution is -2.51. The van der Waals surface area contributed by atoms with Gasteiger partial charge in [0.05, 0.1) is 26.4 Å². The number of ether oxygens (including phenoxy) is 2. The van der Waals surface area contributed by atoms with Gasteiger partial charge in [0.25, 0.3) is 5.91 Å². The van der Waals surface area contributed by atoms with Crippen molar-refractivity contribution in [3.63, 3.8) is 0 Å². The van der Waals surface area contributed by atoms with E-state index in [2.05, 4.69) is 57.4 Å². The number of carbonyl (C=O) groups excluding carboxylic acids is 1. The lowest BCUT2D eigenvalue weighted by molar-refractivity contribution is -0.0451. The van der Waals surface area contributed by atoms with Crippen molar-refractivity contribution in [1.82, 2.24) is 20.1 Å². The van der Waals surface area contributed by atoms with Crippen molar-refractivity contribution in [3.05, 3.63) is 64.8 Å². The molecule has 3 saturated heterocycles. The number of hydrogen-bond acceptors (Lipinski definition) is 6. The highest BCUT2D eigenvalue weighted by Crippen LogP contribution is 2.57. The van der Waals surface area contributed by atoms with Gasteiger partial charge in [-0.15, -0.1) is 0 Å². The maximum absolute atomic E-state index is 13.7. The molecule has 1 unspecified atom stereocenters. The van der Waals surface area contributed by atoms with Gasteiger partial charge in [0, 0.05) is 84.7 Å². The van der Waals surface area contributed by atoms with Gasteiger partial charge in [-0.2, -0.15) is 5.26 Å². The summed E-state index contributed by atoms with van der Waals surface area (Å²) in [5.74, 6) is 2.20. The third-order valence-electron chi connectivity index (χ3n) is 10.6. The summed E-state index contributed by atoms with van der Waals surface area (Å²) in [6.07, 6.45) is 6.15. The van der Waals surface area contributed by atoms with E-state index in [0.29, 0.717) is 11.8 Å². The number of hydrogen-bond donors (Lipinski definition) is 2. The van der Waals surface area contributed by atoms with Gasteiger partial charge < -0.3 is 24.7 Å². The van der Waals surface area contributed by atoms with Crippen LogP contribution in [0, 0.1) is 41.4 Å². The molecule has 3 aliphatic heterocycles. The topological polar surface area (TPSA) is 93.6 Å². The first-order chi connectivity index (χ1) is 20.9. The molecule has 226 valence electrons. The van der Waals surface area contributed by atoms with Gasteiger partial charge in [-0.05, 0) is 80.0 Å². The average Bonchev–Trinajstić information content (AvgIpc) is 3.46. The second-order valence-electron chi connectivity index (χ2n) is 13.6. The Morgan fingerprint density at radius 2 is 1.91 bits per heavy atom. The monoisotopic (exact) mass is 581 g/mol. The first kappa shape index (κ1) is 28.4. The van der Waals surface area contributed by atoms with Crippen LogP contribution in [-0.2, 0) is 11.3 Å². The number of nitrogens with zero attached hydrogens (tertiary/aromatic N) is 3. The number of rotatable bonds is 9. The van der Waals surface area contributed by atoms with Gasteiger partial charge in [-0.25, -0.2) is 0 Å². The standard InChI is InChI=1S/C35H43N5O3/c1-23-11-32(42-2)30(29-7-9-38-33(23)29)20-39-10-8-35(12-24(13-35)15-36)14-31(39)27-3-5-28(6-4-27)34(41)40(18-25-16-37-17-25)19-26-21-43-22-26/h3-7,9,11,24-26,31,37-38H,8,10,12-14,16-22H2,1-2H3. The lowest BCUT2D eigenvalue weighted by Gasteiger charge is -2.53. The van der Waals surface area contributed by atoms with E-state index in [1.807, 2.05) is 18.3 Å². The maximum atomic E-state index is 13.7. The van der Waals surface area contributed by atoms with Gasteiger partial charge in [0.2, 0.25) is 0 Å². The highest BCUT2D eigenvalue weighted by molar-refractivity contribution is 5.94. The second-order valence-corrected chi connectivity index (χ2v) is 13.6. The number of piperidine rings is 1. The van der Waals surface area contributed by atoms with Crippen LogP contribution in [0.25, 0.3) is 10.9 Å². The van der Waals surface area contributed by atoms with E-state index < -0.39 is 0 Å². The van der Waals surface area contributed by atoms with Crippen molar-refractivity contribution >= 4 is 16.8 Å². The fourth-order valence-corrected chi connectivity index (χ4v) is 7.89. The number of aromatic nitrogens is 1. The normalized spacial score (nSPS) is 26.0. The molecule has 4 aliphatic rings. The molecular weight excluding hydrogens is 538 g/mol. The van der Waals surface area contributed by atoms with E-state index in [1.165, 1.54) is 22.1 Å². The van der Waals surface area contributed by atoms with Crippen LogP contribution in [0.3, 0.4) is 0 Å². The summed E-state index contributed by atoms with van der Waals surface area (Å²) in [5.41, 5.74) is 5.79. The summed E-state index contributed by atoms with van der Waals surface area (Å²) in [7, 11) is 1.76. The molecule has 1 saturated carbocycles. The number of fused-ring (bicyclic) bond motifs is 1. The fraction of sp³-hybridized carbons (Fsp3) is 0.543. The van der Waals surface area contributed by atoms with Gasteiger partial charge in [-0.3, -0.25) is 9.69 Å². The summed E-state index contributed by atoms with van der Waals surface area (Å²) in [5, 5.41) is 14.1. The molecule has 3 aromatic rings. The number of nitrogens with one attached hydrogen (secondary N) is 2. The largest absolute Gasteiger partial charge is 0.496 e. The fourth-order valence-electron chi connectivity index (χ4n) is 7.89. The number of carbonyl (C=O) groups is 1. The van der Waals surface area contributed by atoms with E-state index in [4.69, 9.17) is 9.47 Å². The molecule has 1 spiro atoms. The van der Waals surface area contributed by atoms with Crippen LogP contribution in [0.15, 0.2) is 42.6 Å². The molecule has 4 heterocycles. The smallest absolute Gasteiger partial charge is 0.253 e. The molecule has 7 rings (SSSR count). The first-order valence-electron chi connectivity index (χ1n) is 15.9. The predicted octanol–water partition coefficient (Wildman–Crippen LogP) is 5.05. The molecule has 1 amide bonds. The summed E-state index contributed by atoms with van der Waals surface area (Å²) < 4.78 is 11.3. The van der Waals surface area contributed by atoms with E-state index in [0.717, 1.165) is 95.0 Å². The van der Waals surface area contributed by atoms with Crippen LogP contribution in [0.5, 0.6) is 5.75 Å². The van der Waals surface area contributed by atoms with Crippen molar-refractivity contribution in [2.75, 3.05) is 53.0 Å². The van der Waals surface area contributed by atoms with Crippen LogP contribution in [0.2, 0.25) is 0 Å². The Balaban J connectivity index is 1.15. The summed E-state index contributed by atoms with van der Waals surface area (Å²) in [6.45, 7) is 8.90. The number of aromatic amines is 1. The van der Waals surface area contributed by atoms with Crippen molar-refractivity contribution < 1.29 is 14.3 Å². The summed E-state index contributed by atoms with van der Waals surface area (Å²) in [6, 6.07) is 15.4. The van der Waals surface area contributed by atoms with Crippen molar-refractivity contribution in [2.24, 2.45) is 23.2 Å². The number of amides is 1. The molecule has 1 atom stereocenters. The minimum absolute atomic E-state index is 0.123. The zero-order chi connectivity index (χ0) is 29.6. The molecule has 2 N–H and O–H groups in total. The number of H-pyrrole nitrogens is 1. The van der Waals surface area contributed by atoms with Gasteiger partial charge >= 0.3 is 0 Å². The second kappa shape index (κ2) is 11.6. The van der Waals surface area contributed by atoms with Crippen LogP contribution in [0.4, 0.5) is 0 Å². The molecule has 0 radical (unpaired) electrons. The van der Waals surface area contributed by atoms with E-state index >= 15 is 0 Å². The van der Waals surface area contributed by atoms with Crippen LogP contribution in [-0.4, -0.2) is 73.7 Å². The quantitative estimate of drug-likeness (QED) is 0.367. The lowest BCUT2D eigenvalue weighted by atomic mass is 9.56. The van der Waals surface area contributed by atoms with Gasteiger partial charge in [-0.1, -0.05) is 12.1 Å². The number of nitriles is 1. The molecule has 4 fully saturated rings. The average molecular weight is 582 g/mol. The molecule has 0 bridgehead atoms.